The molecule has 31 heavy (non-hydrogen) atoms. The van der Waals surface area contributed by atoms with Crippen molar-refractivity contribution in [1.82, 2.24) is 10.6 Å². The van der Waals surface area contributed by atoms with Crippen molar-refractivity contribution in [3.05, 3.63) is 83.1 Å². The summed E-state index contributed by atoms with van der Waals surface area (Å²) >= 11 is 0. The summed E-state index contributed by atoms with van der Waals surface area (Å²) in [5, 5.41) is 4.63. The SMILES string of the molecule is CNC(=O)C(NC(=O)c1ccc(-c2cccc(C(F)(F)F)c2)o1)c1ccc(F)c(F)c1. The predicted molar refractivity (Wildman–Crippen MR) is 99.8 cm³/mol. The van der Waals surface area contributed by atoms with Crippen LogP contribution in [0.15, 0.2) is 59.0 Å². The number of alkyl halides is 3. The second-order valence-electron chi connectivity index (χ2n) is 6.44. The lowest BCUT2D eigenvalue weighted by molar-refractivity contribution is -0.137. The molecule has 2 N–H and O–H groups in total. The van der Waals surface area contributed by atoms with E-state index in [0.29, 0.717) is 0 Å². The molecule has 0 aliphatic heterocycles. The van der Waals surface area contributed by atoms with Crippen LogP contribution in [-0.4, -0.2) is 18.9 Å². The number of nitrogens with one attached hydrogen (secondary N) is 2. The lowest BCUT2D eigenvalue weighted by Gasteiger charge is -2.17. The number of halogens is 5. The molecule has 0 saturated carbocycles. The molecule has 1 atom stereocenters. The number of carbonyl (C=O) groups is 2. The Kier molecular flexibility index (Phi) is 6.09. The quantitative estimate of drug-likeness (QED) is 0.578. The van der Waals surface area contributed by atoms with E-state index in [1.165, 1.54) is 31.3 Å². The van der Waals surface area contributed by atoms with Crippen molar-refractivity contribution in [2.45, 2.75) is 12.2 Å². The molecule has 3 rings (SSSR count). The van der Waals surface area contributed by atoms with Crippen LogP contribution in [0.25, 0.3) is 11.3 Å². The molecule has 162 valence electrons. The molecule has 1 unspecified atom stereocenters. The van der Waals surface area contributed by atoms with Gasteiger partial charge in [0.05, 0.1) is 5.56 Å². The lowest BCUT2D eigenvalue weighted by Crippen LogP contribution is -2.39. The number of furan rings is 1. The van der Waals surface area contributed by atoms with Crippen LogP contribution in [0.2, 0.25) is 0 Å². The van der Waals surface area contributed by atoms with E-state index in [1.54, 1.807) is 0 Å². The van der Waals surface area contributed by atoms with E-state index in [9.17, 15) is 31.5 Å². The van der Waals surface area contributed by atoms with Gasteiger partial charge in [-0.1, -0.05) is 18.2 Å². The number of benzene rings is 2. The molecule has 0 radical (unpaired) electrons. The van der Waals surface area contributed by atoms with E-state index in [0.717, 1.165) is 30.3 Å². The standard InChI is InChI=1S/C21H15F5N2O3/c1-27-20(30)18(12-5-6-14(22)15(23)10-12)28-19(29)17-8-7-16(31-17)11-3-2-4-13(9-11)21(24,25)26/h2-10,18H,1H3,(H,27,30)(H,28,29). The van der Waals surface area contributed by atoms with E-state index >= 15 is 0 Å². The number of hydrogen-bond donors (Lipinski definition) is 2. The van der Waals surface area contributed by atoms with Crippen molar-refractivity contribution in [2.75, 3.05) is 7.05 Å². The molecule has 10 heteroatoms. The van der Waals surface area contributed by atoms with Gasteiger partial charge in [-0.25, -0.2) is 8.78 Å². The van der Waals surface area contributed by atoms with Crippen molar-refractivity contribution in [3.8, 4) is 11.3 Å². The maximum Gasteiger partial charge on any atom is 0.416 e. The van der Waals surface area contributed by atoms with Gasteiger partial charge >= 0.3 is 6.18 Å². The molecule has 1 heterocycles. The van der Waals surface area contributed by atoms with Gasteiger partial charge in [0.25, 0.3) is 5.91 Å². The smallest absolute Gasteiger partial charge is 0.416 e. The molecular weight excluding hydrogens is 423 g/mol. The summed E-state index contributed by atoms with van der Waals surface area (Å²) in [6, 6.07) is 8.22. The van der Waals surface area contributed by atoms with Crippen LogP contribution in [0.4, 0.5) is 22.0 Å². The molecular formula is C21H15F5N2O3. The van der Waals surface area contributed by atoms with Gasteiger partial charge in [0.15, 0.2) is 17.4 Å². The average Bonchev–Trinajstić information content (AvgIpc) is 3.23. The van der Waals surface area contributed by atoms with Gasteiger partial charge in [0, 0.05) is 12.6 Å². The van der Waals surface area contributed by atoms with Crippen molar-refractivity contribution >= 4 is 11.8 Å². The molecule has 0 spiro atoms. The predicted octanol–water partition coefficient (Wildman–Crippen LogP) is 4.46. The number of hydrogen-bond acceptors (Lipinski definition) is 3. The second-order valence-corrected chi connectivity index (χ2v) is 6.44. The van der Waals surface area contributed by atoms with Crippen LogP contribution >= 0.6 is 0 Å². The molecule has 0 fully saturated rings. The Morgan fingerprint density at radius 2 is 1.71 bits per heavy atom. The highest BCUT2D eigenvalue weighted by Gasteiger charge is 2.31. The highest BCUT2D eigenvalue weighted by molar-refractivity contribution is 5.96. The Bertz CT molecular complexity index is 1120. The topological polar surface area (TPSA) is 71.3 Å². The summed E-state index contributed by atoms with van der Waals surface area (Å²) in [6.45, 7) is 0. The Morgan fingerprint density at radius 1 is 0.968 bits per heavy atom. The zero-order valence-electron chi connectivity index (χ0n) is 15.9. The van der Waals surface area contributed by atoms with Gasteiger partial charge in [0.2, 0.25) is 5.91 Å². The summed E-state index contributed by atoms with van der Waals surface area (Å²) < 4.78 is 70.8. The van der Waals surface area contributed by atoms with Gasteiger partial charge in [-0.2, -0.15) is 13.2 Å². The fourth-order valence-electron chi connectivity index (χ4n) is 2.80. The van der Waals surface area contributed by atoms with E-state index in [-0.39, 0.29) is 22.6 Å². The van der Waals surface area contributed by atoms with Gasteiger partial charge in [0.1, 0.15) is 11.8 Å². The monoisotopic (exact) mass is 438 g/mol. The maximum absolute atomic E-state index is 13.6. The maximum atomic E-state index is 13.6. The van der Waals surface area contributed by atoms with Gasteiger partial charge in [-0.05, 0) is 42.0 Å². The summed E-state index contributed by atoms with van der Waals surface area (Å²) in [7, 11) is 1.29. The summed E-state index contributed by atoms with van der Waals surface area (Å²) in [6.07, 6.45) is -4.55. The fourth-order valence-corrected chi connectivity index (χ4v) is 2.80. The molecule has 0 bridgehead atoms. The Morgan fingerprint density at radius 3 is 2.35 bits per heavy atom. The number of likely N-dealkylation sites (N-methyl/N-ethyl adjacent to an activating group) is 1. The molecule has 0 aliphatic carbocycles. The lowest BCUT2D eigenvalue weighted by atomic mass is 10.1. The minimum atomic E-state index is -4.55. The number of carbonyl (C=O) groups excluding carboxylic acids is 2. The zero-order valence-corrected chi connectivity index (χ0v) is 15.9. The highest BCUT2D eigenvalue weighted by Crippen LogP contribution is 2.32. The molecule has 2 amide bonds. The Hall–Kier alpha value is -3.69. The van der Waals surface area contributed by atoms with Crippen LogP contribution in [0, 0.1) is 11.6 Å². The molecule has 1 aromatic heterocycles. The van der Waals surface area contributed by atoms with Gasteiger partial charge < -0.3 is 15.1 Å². The van der Waals surface area contributed by atoms with Crippen LogP contribution in [0.3, 0.4) is 0 Å². The van der Waals surface area contributed by atoms with Crippen LogP contribution in [0.1, 0.15) is 27.7 Å². The third-order valence-electron chi connectivity index (χ3n) is 4.37. The van der Waals surface area contributed by atoms with E-state index < -0.39 is 41.2 Å². The zero-order chi connectivity index (χ0) is 22.8. The van der Waals surface area contributed by atoms with Gasteiger partial charge in [-0.3, -0.25) is 9.59 Å². The number of amides is 2. The van der Waals surface area contributed by atoms with Crippen LogP contribution < -0.4 is 10.6 Å². The molecule has 0 aliphatic rings. The van der Waals surface area contributed by atoms with Crippen molar-refractivity contribution in [2.24, 2.45) is 0 Å². The molecule has 5 nitrogen and oxygen atoms in total. The van der Waals surface area contributed by atoms with Crippen molar-refractivity contribution in [3.63, 3.8) is 0 Å². The third kappa shape index (κ3) is 4.90. The molecule has 0 saturated heterocycles. The first kappa shape index (κ1) is 22.0. The Balaban J connectivity index is 1.85. The third-order valence-corrected chi connectivity index (χ3v) is 4.37. The Labute approximate surface area is 172 Å². The molecule has 3 aromatic rings. The van der Waals surface area contributed by atoms with Gasteiger partial charge in [-0.15, -0.1) is 0 Å². The normalized spacial score (nSPS) is 12.3. The number of rotatable bonds is 5. The summed E-state index contributed by atoms with van der Waals surface area (Å²) in [5.41, 5.74) is -0.806. The van der Waals surface area contributed by atoms with Crippen LogP contribution in [-0.2, 0) is 11.0 Å². The first-order valence-electron chi connectivity index (χ1n) is 8.85. The highest BCUT2D eigenvalue weighted by atomic mass is 19.4. The fraction of sp³-hybridized carbons (Fsp3) is 0.143. The van der Waals surface area contributed by atoms with E-state index in [2.05, 4.69) is 10.6 Å². The minimum Gasteiger partial charge on any atom is -0.451 e. The molecule has 2 aromatic carbocycles. The van der Waals surface area contributed by atoms with Crippen LogP contribution in [0.5, 0.6) is 0 Å². The largest absolute Gasteiger partial charge is 0.451 e. The second kappa shape index (κ2) is 8.58. The average molecular weight is 438 g/mol. The van der Waals surface area contributed by atoms with E-state index in [4.69, 9.17) is 4.42 Å². The summed E-state index contributed by atoms with van der Waals surface area (Å²) in [5.74, 6) is -4.20. The van der Waals surface area contributed by atoms with E-state index in [1.807, 2.05) is 0 Å². The minimum absolute atomic E-state index is 0.000527. The summed E-state index contributed by atoms with van der Waals surface area (Å²) in [4.78, 5) is 24.7. The first-order chi connectivity index (χ1) is 14.6. The van der Waals surface area contributed by atoms with Crippen molar-refractivity contribution in [1.29, 1.82) is 0 Å². The first-order valence-corrected chi connectivity index (χ1v) is 8.85. The van der Waals surface area contributed by atoms with Crippen molar-refractivity contribution < 1.29 is 36.0 Å².